The van der Waals surface area contributed by atoms with Gasteiger partial charge in [0.05, 0.1) is 17.0 Å². The van der Waals surface area contributed by atoms with Crippen molar-refractivity contribution in [2.75, 3.05) is 19.6 Å². The van der Waals surface area contributed by atoms with E-state index >= 15 is 0 Å². The number of fused-ring (bicyclic) bond motifs is 2. The molecule has 4 rings (SSSR count). The monoisotopic (exact) mass is 402 g/mol. The van der Waals surface area contributed by atoms with Crippen LogP contribution in [0.3, 0.4) is 0 Å². The lowest BCUT2D eigenvalue weighted by Crippen LogP contribution is -2.49. The van der Waals surface area contributed by atoms with E-state index in [1.165, 1.54) is 12.1 Å². The molecule has 6 heteroatoms. The van der Waals surface area contributed by atoms with Gasteiger partial charge in [0.1, 0.15) is 5.82 Å². The number of likely N-dealkylation sites (N-methyl/N-ethyl adjacent to an activating group) is 1. The van der Waals surface area contributed by atoms with Crippen LogP contribution in [-0.2, 0) is 6.54 Å². The maximum Gasteiger partial charge on any atom is 0.254 e. The van der Waals surface area contributed by atoms with Gasteiger partial charge in [0.15, 0.2) is 5.78 Å². The van der Waals surface area contributed by atoms with E-state index in [9.17, 15) is 14.0 Å². The summed E-state index contributed by atoms with van der Waals surface area (Å²) in [6, 6.07) is 13.4. The Labute approximate surface area is 170 Å². The molecule has 0 N–H and O–H groups in total. The molecule has 1 amide bonds. The van der Waals surface area contributed by atoms with Crippen molar-refractivity contribution in [1.29, 1.82) is 0 Å². The number of carbonyl (C=O) groups is 2. The standard InChI is InChI=1S/C22H23FN2O2.ClH/c1-3-25-19-13-24(12-15-8-10-16(23)11-9-15)14-22(19,2)20(26)17-6-4-5-7-18(17)21(25)27;/h4-11,19H,3,12-14H2,1-2H3;1H/t19-,22+;/m1./s1. The molecule has 0 aromatic heterocycles. The number of rotatable bonds is 3. The molecular weight excluding hydrogens is 379 g/mol. The number of hydrogen-bond acceptors (Lipinski definition) is 3. The normalized spacial score (nSPS) is 24.4. The number of nitrogens with zero attached hydrogens (tertiary/aromatic N) is 2. The number of carbonyl (C=O) groups excluding carboxylic acids is 2. The minimum atomic E-state index is -0.654. The Morgan fingerprint density at radius 2 is 1.71 bits per heavy atom. The molecule has 2 aliphatic heterocycles. The highest BCUT2D eigenvalue weighted by Gasteiger charge is 2.54. The Bertz CT molecular complexity index is 902. The molecule has 0 saturated carbocycles. The van der Waals surface area contributed by atoms with Crippen LogP contribution in [0.5, 0.6) is 0 Å². The number of benzene rings is 2. The summed E-state index contributed by atoms with van der Waals surface area (Å²) in [5, 5.41) is 0. The van der Waals surface area contributed by atoms with Crippen LogP contribution in [0.25, 0.3) is 0 Å². The van der Waals surface area contributed by atoms with Crippen molar-refractivity contribution in [3.05, 3.63) is 71.0 Å². The second kappa shape index (κ2) is 7.64. The summed E-state index contributed by atoms with van der Waals surface area (Å²) < 4.78 is 13.2. The van der Waals surface area contributed by atoms with Gasteiger partial charge in [-0.3, -0.25) is 14.5 Å². The second-order valence-corrected chi connectivity index (χ2v) is 7.70. The average molecular weight is 403 g/mol. The van der Waals surface area contributed by atoms with Gasteiger partial charge >= 0.3 is 0 Å². The lowest BCUT2D eigenvalue weighted by molar-refractivity contribution is 0.0560. The average Bonchev–Trinajstić information content (AvgIpc) is 2.98. The van der Waals surface area contributed by atoms with Crippen LogP contribution in [-0.4, -0.2) is 47.2 Å². The minimum absolute atomic E-state index is 0. The Morgan fingerprint density at radius 3 is 2.36 bits per heavy atom. The summed E-state index contributed by atoms with van der Waals surface area (Å²) in [5.41, 5.74) is 1.37. The molecule has 2 aliphatic rings. The quantitative estimate of drug-likeness (QED) is 0.784. The van der Waals surface area contributed by atoms with Crippen LogP contribution in [0.15, 0.2) is 48.5 Å². The van der Waals surface area contributed by atoms with Gasteiger partial charge in [-0.25, -0.2) is 4.39 Å². The Morgan fingerprint density at radius 1 is 1.07 bits per heavy atom. The van der Waals surface area contributed by atoms with E-state index in [-0.39, 0.29) is 36.0 Å². The van der Waals surface area contributed by atoms with Gasteiger partial charge in [-0.15, -0.1) is 12.4 Å². The molecule has 0 unspecified atom stereocenters. The summed E-state index contributed by atoms with van der Waals surface area (Å²) in [6.07, 6.45) is 0. The van der Waals surface area contributed by atoms with Crippen LogP contribution < -0.4 is 0 Å². The van der Waals surface area contributed by atoms with Crippen molar-refractivity contribution in [2.45, 2.75) is 26.4 Å². The summed E-state index contributed by atoms with van der Waals surface area (Å²) in [4.78, 5) is 30.6. The second-order valence-electron chi connectivity index (χ2n) is 7.70. The van der Waals surface area contributed by atoms with Gasteiger partial charge in [0.25, 0.3) is 5.91 Å². The van der Waals surface area contributed by atoms with E-state index < -0.39 is 5.41 Å². The first kappa shape index (κ1) is 20.5. The van der Waals surface area contributed by atoms with E-state index in [2.05, 4.69) is 4.90 Å². The molecule has 2 heterocycles. The van der Waals surface area contributed by atoms with Crippen molar-refractivity contribution >= 4 is 24.1 Å². The maximum absolute atomic E-state index is 13.4. The van der Waals surface area contributed by atoms with Gasteiger partial charge in [-0.1, -0.05) is 30.3 Å². The highest BCUT2D eigenvalue weighted by Crippen LogP contribution is 2.41. The summed E-state index contributed by atoms with van der Waals surface area (Å²) in [7, 11) is 0. The fourth-order valence-electron chi connectivity index (χ4n) is 4.55. The Kier molecular flexibility index (Phi) is 5.60. The largest absolute Gasteiger partial charge is 0.334 e. The lowest BCUT2D eigenvalue weighted by Gasteiger charge is -2.34. The van der Waals surface area contributed by atoms with Crippen molar-refractivity contribution in [3.8, 4) is 0 Å². The topological polar surface area (TPSA) is 40.6 Å². The predicted octanol–water partition coefficient (Wildman–Crippen LogP) is 3.80. The molecule has 2 aromatic rings. The van der Waals surface area contributed by atoms with E-state index in [1.807, 2.05) is 30.9 Å². The third-order valence-corrected chi connectivity index (χ3v) is 5.94. The molecule has 1 saturated heterocycles. The Balaban J connectivity index is 0.00000225. The smallest absolute Gasteiger partial charge is 0.254 e. The van der Waals surface area contributed by atoms with Crippen molar-refractivity contribution < 1.29 is 14.0 Å². The summed E-state index contributed by atoms with van der Waals surface area (Å²) >= 11 is 0. The van der Waals surface area contributed by atoms with E-state index in [1.54, 1.807) is 24.3 Å². The van der Waals surface area contributed by atoms with Crippen molar-refractivity contribution in [3.63, 3.8) is 0 Å². The van der Waals surface area contributed by atoms with Crippen LogP contribution in [0, 0.1) is 11.2 Å². The minimum Gasteiger partial charge on any atom is -0.334 e. The van der Waals surface area contributed by atoms with Gasteiger partial charge < -0.3 is 4.90 Å². The van der Waals surface area contributed by atoms with Crippen LogP contribution >= 0.6 is 12.4 Å². The highest BCUT2D eigenvalue weighted by molar-refractivity contribution is 6.12. The third kappa shape index (κ3) is 3.23. The number of ketones is 1. The molecule has 0 radical (unpaired) electrons. The number of halogens is 2. The van der Waals surface area contributed by atoms with Crippen LogP contribution in [0.4, 0.5) is 4.39 Å². The van der Waals surface area contributed by atoms with Gasteiger partial charge in [-0.2, -0.15) is 0 Å². The Hall–Kier alpha value is -2.24. The van der Waals surface area contributed by atoms with Crippen LogP contribution in [0.2, 0.25) is 0 Å². The number of likely N-dealkylation sites (tertiary alicyclic amines) is 1. The highest BCUT2D eigenvalue weighted by atomic mass is 35.5. The molecule has 0 spiro atoms. The van der Waals surface area contributed by atoms with Gasteiger partial charge in [-0.05, 0) is 37.6 Å². The van der Waals surface area contributed by atoms with Gasteiger partial charge in [0.2, 0.25) is 0 Å². The first-order chi connectivity index (χ1) is 12.9. The molecule has 0 bridgehead atoms. The zero-order valence-corrected chi connectivity index (χ0v) is 16.8. The first-order valence-corrected chi connectivity index (χ1v) is 9.35. The van der Waals surface area contributed by atoms with Crippen molar-refractivity contribution in [1.82, 2.24) is 9.80 Å². The SMILES string of the molecule is CCN1C(=O)c2ccccc2C(=O)[C@@]2(C)CN(Cc3ccc(F)cc3)C[C@@H]12.Cl. The van der Waals surface area contributed by atoms with Crippen LogP contribution in [0.1, 0.15) is 40.1 Å². The predicted molar refractivity (Wildman–Crippen MR) is 108 cm³/mol. The molecule has 2 atom stereocenters. The van der Waals surface area contributed by atoms with Crippen molar-refractivity contribution in [2.24, 2.45) is 5.41 Å². The fraction of sp³-hybridized carbons (Fsp3) is 0.364. The number of Topliss-reactive ketones (excluding diaryl/α,β-unsaturated/α-hetero) is 1. The van der Waals surface area contributed by atoms with E-state index in [0.717, 1.165) is 5.56 Å². The maximum atomic E-state index is 13.4. The van der Waals surface area contributed by atoms with Gasteiger partial charge in [0, 0.05) is 31.7 Å². The first-order valence-electron chi connectivity index (χ1n) is 9.35. The molecule has 2 aromatic carbocycles. The summed E-state index contributed by atoms with van der Waals surface area (Å²) in [5.74, 6) is -0.292. The zero-order chi connectivity index (χ0) is 19.2. The summed E-state index contributed by atoms with van der Waals surface area (Å²) in [6.45, 7) is 6.33. The molecule has 1 fully saturated rings. The number of hydrogen-bond donors (Lipinski definition) is 0. The zero-order valence-electron chi connectivity index (χ0n) is 16.0. The molecule has 28 heavy (non-hydrogen) atoms. The lowest BCUT2D eigenvalue weighted by atomic mass is 9.78. The molecular formula is C22H24ClFN2O2. The number of amides is 1. The van der Waals surface area contributed by atoms with E-state index in [0.29, 0.717) is 37.3 Å². The third-order valence-electron chi connectivity index (χ3n) is 5.94. The fourth-order valence-corrected chi connectivity index (χ4v) is 4.55. The molecule has 4 nitrogen and oxygen atoms in total. The van der Waals surface area contributed by atoms with E-state index in [4.69, 9.17) is 0 Å². The molecule has 0 aliphatic carbocycles. The molecule has 148 valence electrons.